The molecule has 0 saturated carbocycles. The van der Waals surface area contributed by atoms with E-state index in [1.807, 2.05) is 36.4 Å². The van der Waals surface area contributed by atoms with Gasteiger partial charge in [-0.25, -0.2) is 4.99 Å². The van der Waals surface area contributed by atoms with Crippen molar-refractivity contribution in [1.29, 1.82) is 0 Å². The fourth-order valence-electron chi connectivity index (χ4n) is 3.01. The van der Waals surface area contributed by atoms with Crippen LogP contribution >= 0.6 is 11.8 Å². The molecular formula is C20H19N3OS. The van der Waals surface area contributed by atoms with Crippen molar-refractivity contribution in [2.75, 3.05) is 18.0 Å². The molecule has 1 N–H and O–H groups in total. The quantitative estimate of drug-likeness (QED) is 0.846. The molecule has 2 fully saturated rings. The summed E-state index contributed by atoms with van der Waals surface area (Å²) in [6.07, 6.45) is 4.46. The Labute approximate surface area is 151 Å². The number of anilines is 1. The fourth-order valence-corrected chi connectivity index (χ4v) is 3.85. The zero-order chi connectivity index (χ0) is 17.1. The number of rotatable bonds is 3. The number of nitrogens with zero attached hydrogens (tertiary/aromatic N) is 2. The van der Waals surface area contributed by atoms with Crippen molar-refractivity contribution in [1.82, 2.24) is 5.32 Å². The Morgan fingerprint density at radius 1 is 1.00 bits per heavy atom. The van der Waals surface area contributed by atoms with Crippen molar-refractivity contribution in [2.24, 2.45) is 4.99 Å². The normalized spacial score (nSPS) is 20.5. The number of thioether (sulfide) groups is 1. The van der Waals surface area contributed by atoms with Gasteiger partial charge in [-0.2, -0.15) is 0 Å². The minimum Gasteiger partial charge on any atom is -0.372 e. The number of aliphatic imine (C=N–C) groups is 1. The predicted molar refractivity (Wildman–Crippen MR) is 105 cm³/mol. The minimum absolute atomic E-state index is 0.0942. The first-order valence-corrected chi connectivity index (χ1v) is 9.29. The molecule has 0 bridgehead atoms. The van der Waals surface area contributed by atoms with Crippen molar-refractivity contribution < 1.29 is 4.79 Å². The summed E-state index contributed by atoms with van der Waals surface area (Å²) in [4.78, 5) is 19.7. The molecule has 126 valence electrons. The summed E-state index contributed by atoms with van der Waals surface area (Å²) >= 11 is 1.38. The standard InChI is InChI=1S/C20H19N3OS/c24-19-18(25-20(22-19)21-16-6-2-1-3-7-16)14-15-8-10-17(11-9-15)23-12-4-5-13-23/h1-3,6-11,14H,4-5,12-13H2,(H,21,22,24)/b18-14-. The number of amidine groups is 1. The molecule has 0 radical (unpaired) electrons. The molecule has 2 saturated heterocycles. The van der Waals surface area contributed by atoms with Gasteiger partial charge in [0.05, 0.1) is 10.6 Å². The lowest BCUT2D eigenvalue weighted by Crippen LogP contribution is -2.19. The van der Waals surface area contributed by atoms with Crippen molar-refractivity contribution in [3.05, 3.63) is 65.1 Å². The van der Waals surface area contributed by atoms with Crippen LogP contribution in [0.5, 0.6) is 0 Å². The molecule has 5 heteroatoms. The number of hydrogen-bond acceptors (Lipinski definition) is 4. The van der Waals surface area contributed by atoms with Crippen LogP contribution in [0.1, 0.15) is 18.4 Å². The Bertz CT molecular complexity index is 822. The van der Waals surface area contributed by atoms with Gasteiger partial charge < -0.3 is 10.2 Å². The first-order valence-electron chi connectivity index (χ1n) is 8.48. The molecule has 2 aliphatic rings. The Morgan fingerprint density at radius 3 is 2.44 bits per heavy atom. The maximum absolute atomic E-state index is 12.2. The number of benzene rings is 2. The molecular weight excluding hydrogens is 330 g/mol. The van der Waals surface area contributed by atoms with E-state index in [0.29, 0.717) is 10.1 Å². The summed E-state index contributed by atoms with van der Waals surface area (Å²) in [7, 11) is 0. The van der Waals surface area contributed by atoms with Gasteiger partial charge in [0, 0.05) is 18.8 Å². The van der Waals surface area contributed by atoms with Crippen LogP contribution in [0.25, 0.3) is 6.08 Å². The molecule has 0 unspecified atom stereocenters. The number of para-hydroxylation sites is 1. The van der Waals surface area contributed by atoms with Gasteiger partial charge in [0.2, 0.25) is 0 Å². The largest absolute Gasteiger partial charge is 0.372 e. The van der Waals surface area contributed by atoms with E-state index in [1.165, 1.54) is 30.3 Å². The van der Waals surface area contributed by atoms with E-state index in [4.69, 9.17) is 0 Å². The third-order valence-corrected chi connectivity index (χ3v) is 5.21. The van der Waals surface area contributed by atoms with E-state index in [1.54, 1.807) is 0 Å². The summed E-state index contributed by atoms with van der Waals surface area (Å²) in [5.41, 5.74) is 3.12. The molecule has 1 amide bonds. The van der Waals surface area contributed by atoms with Gasteiger partial charge in [0.1, 0.15) is 0 Å². The zero-order valence-electron chi connectivity index (χ0n) is 13.8. The van der Waals surface area contributed by atoms with E-state index in [-0.39, 0.29) is 5.91 Å². The lowest BCUT2D eigenvalue weighted by Gasteiger charge is -2.17. The molecule has 4 nitrogen and oxygen atoms in total. The lowest BCUT2D eigenvalue weighted by atomic mass is 10.2. The maximum atomic E-state index is 12.2. The van der Waals surface area contributed by atoms with Crippen LogP contribution < -0.4 is 10.2 Å². The van der Waals surface area contributed by atoms with Crippen molar-refractivity contribution in [2.45, 2.75) is 12.8 Å². The second-order valence-electron chi connectivity index (χ2n) is 6.10. The molecule has 4 rings (SSSR count). The van der Waals surface area contributed by atoms with E-state index < -0.39 is 0 Å². The van der Waals surface area contributed by atoms with Crippen LogP contribution in [0.3, 0.4) is 0 Å². The van der Waals surface area contributed by atoms with Gasteiger partial charge in [-0.15, -0.1) is 0 Å². The molecule has 0 aliphatic carbocycles. The summed E-state index contributed by atoms with van der Waals surface area (Å²) < 4.78 is 0. The minimum atomic E-state index is -0.0942. The van der Waals surface area contributed by atoms with Gasteiger partial charge >= 0.3 is 0 Å². The highest BCUT2D eigenvalue weighted by atomic mass is 32.2. The van der Waals surface area contributed by atoms with E-state index in [2.05, 4.69) is 39.5 Å². The van der Waals surface area contributed by atoms with Gasteiger partial charge in [-0.05, 0) is 60.5 Å². The summed E-state index contributed by atoms with van der Waals surface area (Å²) in [6.45, 7) is 2.27. The molecule has 2 heterocycles. The zero-order valence-corrected chi connectivity index (χ0v) is 14.6. The fraction of sp³-hybridized carbons (Fsp3) is 0.200. The Balaban J connectivity index is 1.49. The van der Waals surface area contributed by atoms with Crippen molar-refractivity contribution in [3.8, 4) is 0 Å². The van der Waals surface area contributed by atoms with Crippen LogP contribution in [0.2, 0.25) is 0 Å². The van der Waals surface area contributed by atoms with Gasteiger partial charge in [0.15, 0.2) is 5.17 Å². The molecule has 25 heavy (non-hydrogen) atoms. The molecule has 2 aromatic carbocycles. The van der Waals surface area contributed by atoms with Gasteiger partial charge in [-0.1, -0.05) is 30.3 Å². The van der Waals surface area contributed by atoms with Gasteiger partial charge in [-0.3, -0.25) is 4.79 Å². The lowest BCUT2D eigenvalue weighted by molar-refractivity contribution is -0.115. The third-order valence-electron chi connectivity index (χ3n) is 4.30. The van der Waals surface area contributed by atoms with Crippen LogP contribution in [0, 0.1) is 0 Å². The molecule has 0 spiro atoms. The Hall–Kier alpha value is -2.53. The van der Waals surface area contributed by atoms with Crippen molar-refractivity contribution >= 4 is 40.3 Å². The Morgan fingerprint density at radius 2 is 1.72 bits per heavy atom. The molecule has 2 aromatic rings. The maximum Gasteiger partial charge on any atom is 0.264 e. The summed E-state index contributed by atoms with van der Waals surface area (Å²) in [6, 6.07) is 18.0. The first kappa shape index (κ1) is 16.0. The molecule has 0 aromatic heterocycles. The number of amides is 1. The molecule has 0 atom stereocenters. The monoisotopic (exact) mass is 349 g/mol. The van der Waals surface area contributed by atoms with Crippen LogP contribution in [-0.4, -0.2) is 24.2 Å². The van der Waals surface area contributed by atoms with Gasteiger partial charge in [0.25, 0.3) is 5.91 Å². The highest BCUT2D eigenvalue weighted by Crippen LogP contribution is 2.28. The van der Waals surface area contributed by atoms with E-state index >= 15 is 0 Å². The number of nitrogens with one attached hydrogen (secondary N) is 1. The Kier molecular flexibility index (Phi) is 4.57. The number of carbonyl (C=O) groups is 1. The first-order chi connectivity index (χ1) is 12.3. The van der Waals surface area contributed by atoms with Crippen molar-refractivity contribution in [3.63, 3.8) is 0 Å². The second-order valence-corrected chi connectivity index (χ2v) is 7.13. The smallest absolute Gasteiger partial charge is 0.264 e. The average Bonchev–Trinajstić information content (AvgIpc) is 3.27. The third kappa shape index (κ3) is 3.77. The number of carbonyl (C=O) groups excluding carboxylic acids is 1. The van der Waals surface area contributed by atoms with E-state index in [0.717, 1.165) is 24.3 Å². The summed E-state index contributed by atoms with van der Waals surface area (Å²) in [5, 5.41) is 3.45. The second kappa shape index (κ2) is 7.15. The SMILES string of the molecule is O=C1NC(=Nc2ccccc2)S/C1=C\c1ccc(N2CCCC2)cc1. The summed E-state index contributed by atoms with van der Waals surface area (Å²) in [5.74, 6) is -0.0942. The van der Waals surface area contributed by atoms with Crippen LogP contribution in [0.4, 0.5) is 11.4 Å². The predicted octanol–water partition coefficient (Wildman–Crippen LogP) is 4.18. The number of hydrogen-bond donors (Lipinski definition) is 1. The highest BCUT2D eigenvalue weighted by molar-refractivity contribution is 8.18. The highest BCUT2D eigenvalue weighted by Gasteiger charge is 2.23. The average molecular weight is 349 g/mol. The topological polar surface area (TPSA) is 44.7 Å². The van der Waals surface area contributed by atoms with E-state index in [9.17, 15) is 4.79 Å². The molecule has 2 aliphatic heterocycles. The van der Waals surface area contributed by atoms with Crippen LogP contribution in [-0.2, 0) is 4.79 Å². The van der Waals surface area contributed by atoms with Crippen LogP contribution in [0.15, 0.2) is 64.5 Å².